The van der Waals surface area contributed by atoms with Crippen molar-refractivity contribution in [3.63, 3.8) is 0 Å². The zero-order valence-corrected chi connectivity index (χ0v) is 34.9. The first-order chi connectivity index (χ1) is 25.8. The molecule has 7 rings (SSSR count). The van der Waals surface area contributed by atoms with Gasteiger partial charge in [0.15, 0.2) is 0 Å². The summed E-state index contributed by atoms with van der Waals surface area (Å²) in [5.74, 6) is 1.52. The molecule has 7 aromatic carbocycles. The highest BCUT2D eigenvalue weighted by atomic mass is 79.9. The molecule has 2 nitrogen and oxygen atoms in total. The molecule has 270 valence electrons. The lowest BCUT2D eigenvalue weighted by molar-refractivity contribution is 0.483. The Morgan fingerprint density at radius 2 is 0.907 bits per heavy atom. The van der Waals surface area contributed by atoms with Crippen molar-refractivity contribution in [1.29, 1.82) is 0 Å². The van der Waals surface area contributed by atoms with Crippen LogP contribution < -0.4 is 9.64 Å². The third kappa shape index (κ3) is 8.41. The molecule has 0 saturated heterocycles. The molecular weight excluding hydrogens is 790 g/mol. The summed E-state index contributed by atoms with van der Waals surface area (Å²) in [5.41, 5.74) is 12.5. The van der Waals surface area contributed by atoms with Gasteiger partial charge in [0.25, 0.3) is 0 Å². The Kier molecular flexibility index (Phi) is 10.7. The van der Waals surface area contributed by atoms with Crippen molar-refractivity contribution in [2.24, 2.45) is 0 Å². The molecule has 0 heterocycles. The number of rotatable bonds is 8. The van der Waals surface area contributed by atoms with Crippen LogP contribution in [0.3, 0.4) is 0 Å². The van der Waals surface area contributed by atoms with Gasteiger partial charge in [0.2, 0.25) is 0 Å². The molecule has 0 saturated carbocycles. The van der Waals surface area contributed by atoms with Crippen LogP contribution in [0.15, 0.2) is 173 Å². The molecule has 54 heavy (non-hydrogen) atoms. The molecule has 0 atom stereocenters. The van der Waals surface area contributed by atoms with Crippen LogP contribution in [0, 0.1) is 0 Å². The molecule has 7 aromatic rings. The van der Waals surface area contributed by atoms with Gasteiger partial charge in [0.05, 0.1) is 11.4 Å². The van der Waals surface area contributed by atoms with E-state index in [9.17, 15) is 0 Å². The van der Waals surface area contributed by atoms with E-state index in [1.807, 2.05) is 24.3 Å². The maximum Gasteiger partial charge on any atom is 0.130 e. The standard InChI is InChI=1S/C50H45Br2NO/c1-49(2,3)38-19-15-35(16-20-38)46-13-10-14-47(36-17-21-39(22-18-36)50(4,5)6)48(46)53(42-27-23-40(51)24-28-42)43-31-37(34-11-8-7-9-12-34)32-45(33-43)54-44-29-25-41(52)26-30-44/h7-33H,1-6H3. The van der Waals surface area contributed by atoms with Crippen molar-refractivity contribution < 1.29 is 4.74 Å². The summed E-state index contributed by atoms with van der Waals surface area (Å²) in [7, 11) is 0. The number of benzene rings is 7. The largest absolute Gasteiger partial charge is 0.457 e. The summed E-state index contributed by atoms with van der Waals surface area (Å²) in [6.07, 6.45) is 0. The van der Waals surface area contributed by atoms with Gasteiger partial charge in [-0.2, -0.15) is 0 Å². The quantitative estimate of drug-likeness (QED) is 0.151. The predicted molar refractivity (Wildman–Crippen MR) is 237 cm³/mol. The number of halogens is 2. The SMILES string of the molecule is CC(C)(C)c1ccc(-c2cccc(-c3ccc(C(C)(C)C)cc3)c2N(c2ccc(Br)cc2)c2cc(Oc3ccc(Br)cc3)cc(-c3ccccc3)c2)cc1. The monoisotopic (exact) mass is 833 g/mol. The lowest BCUT2D eigenvalue weighted by atomic mass is 9.85. The van der Waals surface area contributed by atoms with E-state index in [0.717, 1.165) is 70.9 Å². The highest BCUT2D eigenvalue weighted by Crippen LogP contribution is 2.49. The minimum absolute atomic E-state index is 0.0462. The molecule has 0 radical (unpaired) electrons. The number of anilines is 3. The molecule has 0 spiro atoms. The van der Waals surface area contributed by atoms with E-state index in [2.05, 4.69) is 218 Å². The number of ether oxygens (including phenoxy) is 1. The topological polar surface area (TPSA) is 12.5 Å². The van der Waals surface area contributed by atoms with Gasteiger partial charge in [-0.3, -0.25) is 0 Å². The average Bonchev–Trinajstić information content (AvgIpc) is 3.16. The first-order valence-electron chi connectivity index (χ1n) is 18.4. The van der Waals surface area contributed by atoms with E-state index in [4.69, 9.17) is 4.74 Å². The Balaban J connectivity index is 1.52. The first kappa shape index (κ1) is 37.4. The fraction of sp³-hybridized carbons (Fsp3) is 0.160. The maximum atomic E-state index is 6.64. The van der Waals surface area contributed by atoms with Gasteiger partial charge in [0.1, 0.15) is 11.5 Å². The summed E-state index contributed by atoms with van der Waals surface area (Å²) < 4.78 is 8.67. The molecule has 4 heteroatoms. The molecule has 0 aliphatic carbocycles. The van der Waals surface area contributed by atoms with Crippen LogP contribution in [0.25, 0.3) is 33.4 Å². The number of hydrogen-bond acceptors (Lipinski definition) is 2. The minimum Gasteiger partial charge on any atom is -0.457 e. The van der Waals surface area contributed by atoms with Gasteiger partial charge in [0, 0.05) is 31.8 Å². The van der Waals surface area contributed by atoms with E-state index in [-0.39, 0.29) is 10.8 Å². The average molecular weight is 836 g/mol. The van der Waals surface area contributed by atoms with Gasteiger partial charge >= 0.3 is 0 Å². The highest BCUT2D eigenvalue weighted by Gasteiger charge is 2.24. The van der Waals surface area contributed by atoms with E-state index in [0.29, 0.717) is 0 Å². The van der Waals surface area contributed by atoms with Crippen molar-refractivity contribution in [2.75, 3.05) is 4.90 Å². The van der Waals surface area contributed by atoms with Crippen LogP contribution in [-0.4, -0.2) is 0 Å². The van der Waals surface area contributed by atoms with Crippen molar-refractivity contribution in [3.8, 4) is 44.9 Å². The van der Waals surface area contributed by atoms with Crippen LogP contribution in [-0.2, 0) is 10.8 Å². The molecular formula is C50H45Br2NO. The fourth-order valence-corrected chi connectivity index (χ4v) is 7.28. The Morgan fingerprint density at radius 3 is 1.41 bits per heavy atom. The Bertz CT molecular complexity index is 2280. The second-order valence-electron chi connectivity index (χ2n) is 15.8. The van der Waals surface area contributed by atoms with Crippen molar-refractivity contribution in [2.45, 2.75) is 52.4 Å². The van der Waals surface area contributed by atoms with Gasteiger partial charge < -0.3 is 9.64 Å². The highest BCUT2D eigenvalue weighted by molar-refractivity contribution is 9.10. The summed E-state index contributed by atoms with van der Waals surface area (Å²) >= 11 is 7.28. The van der Waals surface area contributed by atoms with E-state index in [1.54, 1.807) is 0 Å². The predicted octanol–water partition coefficient (Wildman–Crippen LogP) is 16.1. The van der Waals surface area contributed by atoms with Gasteiger partial charge in [-0.25, -0.2) is 0 Å². The van der Waals surface area contributed by atoms with Crippen LogP contribution >= 0.6 is 31.9 Å². The van der Waals surface area contributed by atoms with Gasteiger partial charge in [-0.15, -0.1) is 0 Å². The van der Waals surface area contributed by atoms with E-state index < -0.39 is 0 Å². The zero-order chi connectivity index (χ0) is 38.0. The van der Waals surface area contributed by atoms with E-state index in [1.165, 1.54) is 11.1 Å². The van der Waals surface area contributed by atoms with Gasteiger partial charge in [-0.1, -0.05) is 170 Å². The molecule has 0 unspecified atom stereocenters. The van der Waals surface area contributed by atoms with Gasteiger partial charge in [-0.05, 0) is 105 Å². The molecule has 0 bridgehead atoms. The first-order valence-corrected chi connectivity index (χ1v) is 20.0. The van der Waals surface area contributed by atoms with Crippen LogP contribution in [0.4, 0.5) is 17.1 Å². The normalized spacial score (nSPS) is 11.7. The molecule has 0 aliphatic rings. The zero-order valence-electron chi connectivity index (χ0n) is 31.7. The van der Waals surface area contributed by atoms with Crippen molar-refractivity contribution >= 4 is 48.9 Å². The third-order valence-electron chi connectivity index (χ3n) is 9.77. The van der Waals surface area contributed by atoms with Crippen LogP contribution in [0.2, 0.25) is 0 Å². The number of hydrogen-bond donors (Lipinski definition) is 0. The fourth-order valence-electron chi connectivity index (χ4n) is 6.75. The third-order valence-corrected chi connectivity index (χ3v) is 10.8. The van der Waals surface area contributed by atoms with Crippen LogP contribution in [0.5, 0.6) is 11.5 Å². The maximum absolute atomic E-state index is 6.64. The van der Waals surface area contributed by atoms with Crippen molar-refractivity contribution in [1.82, 2.24) is 0 Å². The Morgan fingerprint density at radius 1 is 0.407 bits per heavy atom. The summed E-state index contributed by atoms with van der Waals surface area (Å²) in [6.45, 7) is 13.6. The lowest BCUT2D eigenvalue weighted by Gasteiger charge is -2.31. The summed E-state index contributed by atoms with van der Waals surface area (Å²) in [5, 5.41) is 0. The van der Waals surface area contributed by atoms with Crippen molar-refractivity contribution in [3.05, 3.63) is 184 Å². The Hall–Kier alpha value is -4.90. The number of para-hydroxylation sites is 1. The lowest BCUT2D eigenvalue weighted by Crippen LogP contribution is -2.14. The second-order valence-corrected chi connectivity index (χ2v) is 17.6. The Labute approximate surface area is 337 Å². The van der Waals surface area contributed by atoms with Crippen LogP contribution in [0.1, 0.15) is 52.7 Å². The second kappa shape index (κ2) is 15.5. The molecule has 0 N–H and O–H groups in total. The summed E-state index contributed by atoms with van der Waals surface area (Å²) in [6, 6.07) is 58.5. The molecule has 0 amide bonds. The minimum atomic E-state index is 0.0462. The summed E-state index contributed by atoms with van der Waals surface area (Å²) in [4.78, 5) is 2.40. The molecule has 0 aliphatic heterocycles. The molecule has 0 aromatic heterocycles. The smallest absolute Gasteiger partial charge is 0.130 e. The van der Waals surface area contributed by atoms with E-state index >= 15 is 0 Å². The molecule has 0 fully saturated rings. The number of nitrogens with zero attached hydrogens (tertiary/aromatic N) is 1.